The lowest BCUT2D eigenvalue weighted by molar-refractivity contribution is -0.143. The van der Waals surface area contributed by atoms with Gasteiger partial charge in [-0.05, 0) is 42.0 Å². The van der Waals surface area contributed by atoms with Crippen LogP contribution in [0.25, 0.3) is 16.4 Å². The molecule has 0 bridgehead atoms. The van der Waals surface area contributed by atoms with Gasteiger partial charge in [-0.2, -0.15) is 0 Å². The summed E-state index contributed by atoms with van der Waals surface area (Å²) in [6.07, 6.45) is 1.74. The number of pyridine rings is 1. The first-order valence-corrected chi connectivity index (χ1v) is 12.8. The fourth-order valence-corrected chi connectivity index (χ4v) is 5.59. The van der Waals surface area contributed by atoms with Crippen LogP contribution in [0.1, 0.15) is 23.9 Å². The second-order valence-electron chi connectivity index (χ2n) is 8.45. The van der Waals surface area contributed by atoms with Crippen LogP contribution in [0.2, 0.25) is 0 Å². The van der Waals surface area contributed by atoms with Gasteiger partial charge >= 0.3 is 0 Å². The van der Waals surface area contributed by atoms with Crippen molar-refractivity contribution >= 4 is 38.3 Å². The Labute approximate surface area is 202 Å². The van der Waals surface area contributed by atoms with Crippen molar-refractivity contribution in [1.29, 1.82) is 0 Å². The largest absolute Gasteiger partial charge is 0.352 e. The topological polar surface area (TPSA) is 113 Å². The van der Waals surface area contributed by atoms with Crippen molar-refractivity contribution in [3.63, 3.8) is 0 Å². The number of fused-ring (bicyclic) bond motifs is 2. The second kappa shape index (κ2) is 9.12. The molecule has 4 aromatic rings. The van der Waals surface area contributed by atoms with Crippen LogP contribution in [0.3, 0.4) is 0 Å². The van der Waals surface area contributed by atoms with Gasteiger partial charge in [0.05, 0.1) is 16.3 Å². The van der Waals surface area contributed by atoms with Gasteiger partial charge in [-0.1, -0.05) is 36.4 Å². The van der Waals surface area contributed by atoms with Gasteiger partial charge in [0.2, 0.25) is 21.8 Å². The maximum absolute atomic E-state index is 13.2. The highest BCUT2D eigenvalue weighted by atomic mass is 32.2. The number of sulfonamides is 1. The van der Waals surface area contributed by atoms with Gasteiger partial charge in [-0.3, -0.25) is 9.59 Å². The summed E-state index contributed by atoms with van der Waals surface area (Å²) in [6.45, 7) is 2.39. The molecule has 0 radical (unpaired) electrons. The van der Waals surface area contributed by atoms with Crippen molar-refractivity contribution in [3.8, 4) is 0 Å². The summed E-state index contributed by atoms with van der Waals surface area (Å²) in [5.74, 6) is -0.591. The Morgan fingerprint density at radius 1 is 1.11 bits per heavy atom. The Kier molecular flexibility index (Phi) is 6.00. The molecular formula is C25H25N5O4S. The van der Waals surface area contributed by atoms with E-state index in [2.05, 4.69) is 15.0 Å². The predicted molar refractivity (Wildman–Crippen MR) is 131 cm³/mol. The monoisotopic (exact) mass is 491 g/mol. The standard InChI is InChI=1S/C25H25N5O4S/c1-17-23(29-14-5-4-8-21(29)28-17)24-25(32)26-13-15-30(24)22(31)11-12-27-35(33,34)20-10-9-18-6-2-3-7-19(18)16-20/h2-10,14,16,24,27H,11-13,15H2,1H3,(H,26,32). The first-order valence-electron chi connectivity index (χ1n) is 11.3. The number of piperazine rings is 1. The number of benzene rings is 2. The molecule has 3 heterocycles. The molecule has 1 unspecified atom stereocenters. The van der Waals surface area contributed by atoms with Crippen molar-refractivity contribution in [3.05, 3.63) is 78.2 Å². The molecule has 1 saturated heterocycles. The molecule has 0 spiro atoms. The molecule has 1 atom stereocenters. The van der Waals surface area contributed by atoms with Crippen LogP contribution in [-0.2, 0) is 19.6 Å². The van der Waals surface area contributed by atoms with Gasteiger partial charge in [0.1, 0.15) is 5.65 Å². The number of hydrogen-bond donors (Lipinski definition) is 2. The van der Waals surface area contributed by atoms with E-state index in [-0.39, 0.29) is 29.7 Å². The molecule has 0 aliphatic carbocycles. The number of carbonyl (C=O) groups is 2. The van der Waals surface area contributed by atoms with E-state index in [4.69, 9.17) is 0 Å². The Bertz CT molecular complexity index is 1550. The summed E-state index contributed by atoms with van der Waals surface area (Å²) < 4.78 is 30.0. The van der Waals surface area contributed by atoms with Crippen LogP contribution in [0.5, 0.6) is 0 Å². The third kappa shape index (κ3) is 4.38. The average Bonchev–Trinajstić information content (AvgIpc) is 3.18. The molecule has 35 heavy (non-hydrogen) atoms. The van der Waals surface area contributed by atoms with Crippen molar-refractivity contribution in [2.75, 3.05) is 19.6 Å². The first kappa shape index (κ1) is 23.0. The number of rotatable bonds is 6. The van der Waals surface area contributed by atoms with Crippen molar-refractivity contribution in [1.82, 2.24) is 24.3 Å². The Morgan fingerprint density at radius 3 is 2.71 bits per heavy atom. The van der Waals surface area contributed by atoms with Gasteiger partial charge in [0.25, 0.3) is 0 Å². The van der Waals surface area contributed by atoms with E-state index in [1.54, 1.807) is 18.2 Å². The van der Waals surface area contributed by atoms with Gasteiger partial charge in [0.15, 0.2) is 6.04 Å². The molecule has 2 aromatic carbocycles. The maximum atomic E-state index is 13.2. The fourth-order valence-electron chi connectivity index (χ4n) is 4.52. The third-order valence-corrected chi connectivity index (χ3v) is 7.66. The molecule has 1 aliphatic heterocycles. The van der Waals surface area contributed by atoms with E-state index in [9.17, 15) is 18.0 Å². The van der Waals surface area contributed by atoms with Gasteiger partial charge in [-0.15, -0.1) is 0 Å². The minimum atomic E-state index is -3.80. The Balaban J connectivity index is 1.32. The quantitative estimate of drug-likeness (QED) is 0.429. The summed E-state index contributed by atoms with van der Waals surface area (Å²) in [5.41, 5.74) is 1.98. The van der Waals surface area contributed by atoms with E-state index in [1.165, 1.54) is 4.90 Å². The van der Waals surface area contributed by atoms with Crippen LogP contribution < -0.4 is 10.0 Å². The maximum Gasteiger partial charge on any atom is 0.249 e. The van der Waals surface area contributed by atoms with Crippen molar-refractivity contribution in [2.45, 2.75) is 24.3 Å². The van der Waals surface area contributed by atoms with E-state index < -0.39 is 16.1 Å². The molecule has 9 nitrogen and oxygen atoms in total. The first-order chi connectivity index (χ1) is 16.8. The lowest BCUT2D eigenvalue weighted by atomic mass is 10.1. The summed E-state index contributed by atoms with van der Waals surface area (Å²) in [5, 5.41) is 4.59. The van der Waals surface area contributed by atoms with E-state index in [0.29, 0.717) is 30.1 Å². The van der Waals surface area contributed by atoms with E-state index in [0.717, 1.165) is 10.8 Å². The number of amides is 2. The highest BCUT2D eigenvalue weighted by Crippen LogP contribution is 2.28. The highest BCUT2D eigenvalue weighted by molar-refractivity contribution is 7.89. The normalized spacial score (nSPS) is 16.5. The highest BCUT2D eigenvalue weighted by Gasteiger charge is 2.37. The third-order valence-electron chi connectivity index (χ3n) is 6.20. The molecule has 2 amide bonds. The van der Waals surface area contributed by atoms with Crippen LogP contribution in [-0.4, -0.2) is 54.2 Å². The second-order valence-corrected chi connectivity index (χ2v) is 10.2. The van der Waals surface area contributed by atoms with Crippen LogP contribution in [0.4, 0.5) is 0 Å². The zero-order valence-corrected chi connectivity index (χ0v) is 20.0. The molecule has 180 valence electrons. The summed E-state index contributed by atoms with van der Waals surface area (Å²) in [6, 6.07) is 17.1. The Hall–Kier alpha value is -3.76. The minimum Gasteiger partial charge on any atom is -0.352 e. The SMILES string of the molecule is Cc1nc2ccccn2c1C1C(=O)NCCN1C(=O)CCNS(=O)(=O)c1ccc2ccccc2c1. The molecule has 0 saturated carbocycles. The molecule has 2 aromatic heterocycles. The molecule has 5 rings (SSSR count). The number of nitrogens with one attached hydrogen (secondary N) is 2. The van der Waals surface area contributed by atoms with Gasteiger partial charge in [0, 0.05) is 32.3 Å². The lowest BCUT2D eigenvalue weighted by Crippen LogP contribution is -2.53. The molecule has 1 aliphatic rings. The predicted octanol–water partition coefficient (Wildman–Crippen LogP) is 2.16. The smallest absolute Gasteiger partial charge is 0.249 e. The van der Waals surface area contributed by atoms with Crippen LogP contribution in [0.15, 0.2) is 71.8 Å². The van der Waals surface area contributed by atoms with Crippen LogP contribution >= 0.6 is 0 Å². The summed E-state index contributed by atoms with van der Waals surface area (Å²) in [4.78, 5) is 32.2. The molecule has 1 fully saturated rings. The molecular weight excluding hydrogens is 466 g/mol. The number of imidazole rings is 1. The molecule has 10 heteroatoms. The number of nitrogens with zero attached hydrogens (tertiary/aromatic N) is 3. The van der Waals surface area contributed by atoms with Crippen LogP contribution in [0, 0.1) is 6.92 Å². The van der Waals surface area contributed by atoms with E-state index in [1.807, 2.05) is 60.0 Å². The van der Waals surface area contributed by atoms with Gasteiger partial charge in [-0.25, -0.2) is 18.1 Å². The fraction of sp³-hybridized carbons (Fsp3) is 0.240. The Morgan fingerprint density at radius 2 is 1.89 bits per heavy atom. The number of hydrogen-bond acceptors (Lipinski definition) is 5. The lowest BCUT2D eigenvalue weighted by Gasteiger charge is -2.35. The summed E-state index contributed by atoms with van der Waals surface area (Å²) >= 11 is 0. The number of aryl methyl sites for hydroxylation is 1. The number of aromatic nitrogens is 2. The zero-order chi connectivity index (χ0) is 24.6. The minimum absolute atomic E-state index is 0.0770. The zero-order valence-electron chi connectivity index (χ0n) is 19.1. The molecule has 2 N–H and O–H groups in total. The summed E-state index contributed by atoms with van der Waals surface area (Å²) in [7, 11) is -3.80. The van der Waals surface area contributed by atoms with Gasteiger partial charge < -0.3 is 14.6 Å². The number of carbonyl (C=O) groups excluding carboxylic acids is 2. The van der Waals surface area contributed by atoms with Crippen molar-refractivity contribution in [2.24, 2.45) is 0 Å². The average molecular weight is 492 g/mol. The van der Waals surface area contributed by atoms with Crippen molar-refractivity contribution < 1.29 is 18.0 Å². The van der Waals surface area contributed by atoms with E-state index >= 15 is 0 Å².